The van der Waals surface area contributed by atoms with Crippen LogP contribution in [-0.4, -0.2) is 10.1 Å². The van der Waals surface area contributed by atoms with Crippen molar-refractivity contribution in [1.82, 2.24) is 4.98 Å². The summed E-state index contributed by atoms with van der Waals surface area (Å²) in [5.74, 6) is -0.351. The maximum Gasteiger partial charge on any atom is 0.225 e. The van der Waals surface area contributed by atoms with Crippen molar-refractivity contribution >= 4 is 27.8 Å². The number of thioether (sulfide) groups is 1. The van der Waals surface area contributed by atoms with E-state index < -0.39 is 0 Å². The summed E-state index contributed by atoms with van der Waals surface area (Å²) in [4.78, 5) is 16.5. The number of carbonyl (C=O) groups excluding carboxylic acids is 1. The highest BCUT2D eigenvalue weighted by Crippen LogP contribution is 2.23. The molecule has 0 fully saturated rings. The first kappa shape index (κ1) is 12.8. The molecule has 0 spiro atoms. The average molecular weight is 283 g/mol. The van der Waals surface area contributed by atoms with Crippen LogP contribution in [0, 0.1) is 5.82 Å². The topological polar surface area (TPSA) is 30.0 Å². The quantitative estimate of drug-likeness (QED) is 0.657. The highest BCUT2D eigenvalue weighted by Gasteiger charge is 2.09. The third kappa shape index (κ3) is 2.70. The summed E-state index contributed by atoms with van der Waals surface area (Å²) >= 11 is 1.04. The minimum Gasteiger partial charge on any atom is -0.281 e. The summed E-state index contributed by atoms with van der Waals surface area (Å²) in [7, 11) is 0. The molecule has 98 valence electrons. The molecule has 0 atom stereocenters. The van der Waals surface area contributed by atoms with Gasteiger partial charge in [0.25, 0.3) is 0 Å². The molecule has 0 aliphatic heterocycles. The lowest BCUT2D eigenvalue weighted by Crippen LogP contribution is -1.94. The van der Waals surface area contributed by atoms with E-state index in [4.69, 9.17) is 0 Å². The first-order chi connectivity index (χ1) is 9.72. The summed E-state index contributed by atoms with van der Waals surface area (Å²) in [6.45, 7) is 0. The van der Waals surface area contributed by atoms with Crippen molar-refractivity contribution in [3.63, 3.8) is 0 Å². The van der Waals surface area contributed by atoms with Crippen LogP contribution in [0.2, 0.25) is 0 Å². The zero-order valence-electron chi connectivity index (χ0n) is 10.4. The highest BCUT2D eigenvalue weighted by atomic mass is 32.2. The summed E-state index contributed by atoms with van der Waals surface area (Å²) in [6, 6.07) is 17.0. The van der Waals surface area contributed by atoms with Gasteiger partial charge in [-0.1, -0.05) is 24.3 Å². The van der Waals surface area contributed by atoms with E-state index in [1.807, 2.05) is 36.4 Å². The molecule has 0 N–H and O–H groups in total. The van der Waals surface area contributed by atoms with Crippen LogP contribution < -0.4 is 0 Å². The third-order valence-electron chi connectivity index (χ3n) is 2.85. The largest absolute Gasteiger partial charge is 0.281 e. The Hall–Kier alpha value is -2.20. The van der Waals surface area contributed by atoms with E-state index in [2.05, 4.69) is 4.98 Å². The molecule has 0 saturated heterocycles. The number of halogens is 1. The highest BCUT2D eigenvalue weighted by molar-refractivity contribution is 8.14. The van der Waals surface area contributed by atoms with Gasteiger partial charge in [-0.05, 0) is 48.2 Å². The lowest BCUT2D eigenvalue weighted by atomic mass is 10.2. The Balaban J connectivity index is 1.85. The SMILES string of the molecule is O=C(Sc1ccc2ccccc2n1)c1ccc(F)cc1. The zero-order chi connectivity index (χ0) is 13.9. The number of rotatable bonds is 2. The number of hydrogen-bond acceptors (Lipinski definition) is 3. The van der Waals surface area contributed by atoms with Crippen LogP contribution in [-0.2, 0) is 0 Å². The molecule has 4 heteroatoms. The van der Waals surface area contributed by atoms with Crippen LogP contribution in [0.5, 0.6) is 0 Å². The van der Waals surface area contributed by atoms with Crippen molar-refractivity contribution in [3.8, 4) is 0 Å². The molecule has 1 heterocycles. The predicted octanol–water partition coefficient (Wildman–Crippen LogP) is 4.31. The normalized spacial score (nSPS) is 10.7. The monoisotopic (exact) mass is 283 g/mol. The summed E-state index contributed by atoms with van der Waals surface area (Å²) < 4.78 is 12.8. The van der Waals surface area contributed by atoms with Crippen molar-refractivity contribution in [2.45, 2.75) is 5.03 Å². The van der Waals surface area contributed by atoms with Crippen molar-refractivity contribution in [3.05, 3.63) is 72.0 Å². The van der Waals surface area contributed by atoms with E-state index in [0.29, 0.717) is 10.6 Å². The summed E-state index contributed by atoms with van der Waals surface area (Å²) in [6.07, 6.45) is 0. The van der Waals surface area contributed by atoms with Gasteiger partial charge in [0.1, 0.15) is 10.8 Å². The molecule has 0 saturated carbocycles. The van der Waals surface area contributed by atoms with E-state index in [-0.39, 0.29) is 10.9 Å². The standard InChI is InChI=1S/C16H10FNOS/c17-13-8-5-12(6-9-13)16(19)20-15-10-7-11-3-1-2-4-14(11)18-15/h1-10H. The van der Waals surface area contributed by atoms with E-state index in [0.717, 1.165) is 22.7 Å². The molecule has 20 heavy (non-hydrogen) atoms. The fraction of sp³-hybridized carbons (Fsp3) is 0. The Bertz CT molecular complexity index is 771. The van der Waals surface area contributed by atoms with Gasteiger partial charge in [0.2, 0.25) is 5.12 Å². The number of benzene rings is 2. The third-order valence-corrected chi connectivity index (χ3v) is 3.71. The van der Waals surface area contributed by atoms with Crippen molar-refractivity contribution in [1.29, 1.82) is 0 Å². The lowest BCUT2D eigenvalue weighted by Gasteiger charge is -2.02. The number of fused-ring (bicyclic) bond motifs is 1. The molecule has 0 amide bonds. The van der Waals surface area contributed by atoms with E-state index in [1.54, 1.807) is 0 Å². The number of aromatic nitrogens is 1. The fourth-order valence-corrected chi connectivity index (χ4v) is 2.57. The molecule has 3 aromatic rings. The van der Waals surface area contributed by atoms with Crippen molar-refractivity contribution < 1.29 is 9.18 Å². The fourth-order valence-electron chi connectivity index (χ4n) is 1.84. The van der Waals surface area contributed by atoms with Crippen LogP contribution in [0.4, 0.5) is 4.39 Å². The summed E-state index contributed by atoms with van der Waals surface area (Å²) in [5, 5.41) is 1.52. The molecule has 2 nitrogen and oxygen atoms in total. The molecular weight excluding hydrogens is 273 g/mol. The van der Waals surface area contributed by atoms with Crippen molar-refractivity contribution in [2.24, 2.45) is 0 Å². The molecule has 0 aliphatic rings. The first-order valence-electron chi connectivity index (χ1n) is 6.06. The van der Waals surface area contributed by atoms with Crippen molar-refractivity contribution in [2.75, 3.05) is 0 Å². The molecular formula is C16H10FNOS. The number of para-hydroxylation sites is 1. The maximum atomic E-state index is 12.8. The predicted molar refractivity (Wildman–Crippen MR) is 78.3 cm³/mol. The van der Waals surface area contributed by atoms with Gasteiger partial charge in [0.15, 0.2) is 0 Å². The van der Waals surface area contributed by atoms with Crippen LogP contribution in [0.1, 0.15) is 10.4 Å². The number of carbonyl (C=O) groups is 1. The van der Waals surface area contributed by atoms with Crippen LogP contribution in [0.25, 0.3) is 10.9 Å². The van der Waals surface area contributed by atoms with Gasteiger partial charge in [-0.3, -0.25) is 4.79 Å². The maximum absolute atomic E-state index is 12.8. The van der Waals surface area contributed by atoms with Gasteiger partial charge in [0.05, 0.1) is 5.52 Å². The Labute approximate surface area is 119 Å². The molecule has 0 bridgehead atoms. The molecule has 0 aliphatic carbocycles. The minimum absolute atomic E-state index is 0.146. The second-order valence-corrected chi connectivity index (χ2v) is 5.23. The first-order valence-corrected chi connectivity index (χ1v) is 6.87. The van der Waals surface area contributed by atoms with E-state index >= 15 is 0 Å². The van der Waals surface area contributed by atoms with Crippen LogP contribution in [0.3, 0.4) is 0 Å². The Morgan fingerprint density at radius 1 is 0.950 bits per heavy atom. The van der Waals surface area contributed by atoms with E-state index in [9.17, 15) is 9.18 Å². The molecule has 1 aromatic heterocycles. The Morgan fingerprint density at radius 2 is 1.70 bits per heavy atom. The summed E-state index contributed by atoms with van der Waals surface area (Å²) in [5.41, 5.74) is 1.32. The van der Waals surface area contributed by atoms with Crippen LogP contribution >= 0.6 is 11.8 Å². The number of pyridine rings is 1. The molecule has 0 unspecified atom stereocenters. The van der Waals surface area contributed by atoms with Gasteiger partial charge in [-0.25, -0.2) is 9.37 Å². The van der Waals surface area contributed by atoms with Crippen LogP contribution in [0.15, 0.2) is 65.7 Å². The van der Waals surface area contributed by atoms with Gasteiger partial charge < -0.3 is 0 Å². The number of hydrogen-bond donors (Lipinski definition) is 0. The Morgan fingerprint density at radius 3 is 2.50 bits per heavy atom. The lowest BCUT2D eigenvalue weighted by molar-refractivity contribution is 0.108. The van der Waals surface area contributed by atoms with E-state index in [1.165, 1.54) is 24.3 Å². The van der Waals surface area contributed by atoms with Gasteiger partial charge >= 0.3 is 0 Å². The second-order valence-electron chi connectivity index (χ2n) is 4.24. The molecule has 3 rings (SSSR count). The second kappa shape index (κ2) is 5.43. The molecule has 0 radical (unpaired) electrons. The van der Waals surface area contributed by atoms with Gasteiger partial charge in [-0.15, -0.1) is 0 Å². The average Bonchev–Trinajstić information content (AvgIpc) is 2.48. The Kier molecular flexibility index (Phi) is 3.48. The zero-order valence-corrected chi connectivity index (χ0v) is 11.2. The smallest absolute Gasteiger partial charge is 0.225 e. The minimum atomic E-state index is -0.351. The number of nitrogens with zero attached hydrogens (tertiary/aromatic N) is 1. The van der Waals surface area contributed by atoms with Gasteiger partial charge in [-0.2, -0.15) is 0 Å². The van der Waals surface area contributed by atoms with Gasteiger partial charge in [0, 0.05) is 10.9 Å². The molecule has 2 aromatic carbocycles.